The third-order valence-corrected chi connectivity index (χ3v) is 7.60. The number of carboxylic acid groups (broad SMARTS) is 1. The first-order chi connectivity index (χ1) is 18.0. The van der Waals surface area contributed by atoms with Gasteiger partial charge in [-0.1, -0.05) is 19.4 Å². The van der Waals surface area contributed by atoms with Crippen LogP contribution in [0.2, 0.25) is 0 Å². The van der Waals surface area contributed by atoms with Gasteiger partial charge in [0.15, 0.2) is 17.8 Å². The summed E-state index contributed by atoms with van der Waals surface area (Å²) < 4.78 is 22.2. The van der Waals surface area contributed by atoms with Crippen LogP contribution in [0.15, 0.2) is 18.2 Å². The summed E-state index contributed by atoms with van der Waals surface area (Å²) in [5, 5.41) is 10.4. The summed E-state index contributed by atoms with van der Waals surface area (Å²) in [4.78, 5) is 30.1. The molecule has 0 aliphatic carbocycles. The predicted molar refractivity (Wildman–Crippen MR) is 136 cm³/mol. The standard InChI is InChI=1S/C27H41N3O7/c1-2-3-11-29(12-5-4-10-28)24(31)17-30-16-20(19-6-8-22-23(15-19)37-18-36-22)26(27(32)33)21(30)7-9-25-34-13-14-35-25/h6,8,15,20-21,25-26H,2-5,7,9-14,16-18,28H2,1H3,(H,32,33)/t20-,21+,26-/m1/s1. The van der Waals surface area contributed by atoms with Crippen molar-refractivity contribution in [1.82, 2.24) is 9.80 Å². The van der Waals surface area contributed by atoms with E-state index in [9.17, 15) is 14.7 Å². The van der Waals surface area contributed by atoms with Gasteiger partial charge in [-0.25, -0.2) is 0 Å². The number of aliphatic carboxylic acids is 1. The first-order valence-electron chi connectivity index (χ1n) is 13.6. The van der Waals surface area contributed by atoms with E-state index in [0.29, 0.717) is 63.7 Å². The molecule has 0 unspecified atom stereocenters. The second-order valence-electron chi connectivity index (χ2n) is 10.1. The molecule has 3 aliphatic heterocycles. The number of amides is 1. The first kappa shape index (κ1) is 27.6. The van der Waals surface area contributed by atoms with Crippen LogP contribution >= 0.6 is 0 Å². The van der Waals surface area contributed by atoms with Crippen LogP contribution in [0.5, 0.6) is 11.5 Å². The van der Waals surface area contributed by atoms with Crippen LogP contribution in [0.4, 0.5) is 0 Å². The molecule has 0 aromatic heterocycles. The molecular weight excluding hydrogens is 478 g/mol. The molecule has 10 heteroatoms. The van der Waals surface area contributed by atoms with Gasteiger partial charge < -0.3 is 34.7 Å². The van der Waals surface area contributed by atoms with Crippen LogP contribution in [0, 0.1) is 5.92 Å². The van der Waals surface area contributed by atoms with E-state index in [-0.39, 0.29) is 37.5 Å². The predicted octanol–water partition coefficient (Wildman–Crippen LogP) is 2.40. The Hall–Kier alpha value is -2.40. The minimum Gasteiger partial charge on any atom is -0.481 e. The molecule has 3 atom stereocenters. The van der Waals surface area contributed by atoms with E-state index < -0.39 is 11.9 Å². The molecule has 4 rings (SSSR count). The average molecular weight is 520 g/mol. The zero-order valence-corrected chi connectivity index (χ0v) is 21.8. The maximum Gasteiger partial charge on any atom is 0.308 e. The molecule has 2 fully saturated rings. The van der Waals surface area contributed by atoms with E-state index >= 15 is 0 Å². The van der Waals surface area contributed by atoms with Gasteiger partial charge in [0.05, 0.1) is 25.7 Å². The van der Waals surface area contributed by atoms with Crippen LogP contribution in [0.3, 0.4) is 0 Å². The van der Waals surface area contributed by atoms with Gasteiger partial charge in [-0.2, -0.15) is 0 Å². The number of hydrogen-bond acceptors (Lipinski definition) is 8. The van der Waals surface area contributed by atoms with Gasteiger partial charge in [-0.15, -0.1) is 0 Å². The van der Waals surface area contributed by atoms with Crippen LogP contribution in [0.1, 0.15) is 56.9 Å². The quantitative estimate of drug-likeness (QED) is 0.357. The molecule has 0 spiro atoms. The fourth-order valence-corrected chi connectivity index (χ4v) is 5.65. The van der Waals surface area contributed by atoms with Gasteiger partial charge in [0.1, 0.15) is 0 Å². The summed E-state index contributed by atoms with van der Waals surface area (Å²) in [5.74, 6) is -0.476. The van der Waals surface area contributed by atoms with Gasteiger partial charge in [0.25, 0.3) is 0 Å². The number of likely N-dealkylation sites (tertiary alicyclic amines) is 1. The highest BCUT2D eigenvalue weighted by Crippen LogP contribution is 2.43. The number of carbonyl (C=O) groups excluding carboxylic acids is 1. The van der Waals surface area contributed by atoms with Gasteiger partial charge in [-0.3, -0.25) is 14.5 Å². The van der Waals surface area contributed by atoms with E-state index in [0.717, 1.165) is 31.2 Å². The van der Waals surface area contributed by atoms with Crippen LogP contribution in [-0.2, 0) is 19.1 Å². The molecule has 1 amide bonds. The average Bonchev–Trinajstić information content (AvgIpc) is 3.64. The second-order valence-corrected chi connectivity index (χ2v) is 10.1. The first-order valence-corrected chi connectivity index (χ1v) is 13.6. The highest BCUT2D eigenvalue weighted by molar-refractivity contribution is 5.79. The molecule has 1 aromatic carbocycles. The Morgan fingerprint density at radius 1 is 1.08 bits per heavy atom. The lowest BCUT2D eigenvalue weighted by molar-refractivity contribution is -0.144. The van der Waals surface area contributed by atoms with Crippen molar-refractivity contribution in [3.63, 3.8) is 0 Å². The minimum absolute atomic E-state index is 0.0410. The molecular formula is C27H41N3O7. The molecule has 2 saturated heterocycles. The molecule has 3 heterocycles. The number of unbranched alkanes of at least 4 members (excludes halogenated alkanes) is 2. The number of hydrogen-bond donors (Lipinski definition) is 2. The van der Waals surface area contributed by atoms with Crippen LogP contribution in [0.25, 0.3) is 0 Å². The zero-order valence-electron chi connectivity index (χ0n) is 21.8. The molecule has 0 bridgehead atoms. The Morgan fingerprint density at radius 2 is 1.84 bits per heavy atom. The monoisotopic (exact) mass is 519 g/mol. The topological polar surface area (TPSA) is 124 Å². The van der Waals surface area contributed by atoms with Crippen molar-refractivity contribution in [2.24, 2.45) is 11.7 Å². The van der Waals surface area contributed by atoms with Gasteiger partial charge >= 0.3 is 5.97 Å². The molecule has 37 heavy (non-hydrogen) atoms. The van der Waals surface area contributed by atoms with Crippen molar-refractivity contribution in [2.75, 3.05) is 52.7 Å². The number of ether oxygens (including phenoxy) is 4. The molecule has 206 valence electrons. The second kappa shape index (κ2) is 13.4. The summed E-state index contributed by atoms with van der Waals surface area (Å²) in [7, 11) is 0. The lowest BCUT2D eigenvalue weighted by atomic mass is 9.83. The Morgan fingerprint density at radius 3 is 2.57 bits per heavy atom. The Labute approximate surface area is 219 Å². The fraction of sp³-hybridized carbons (Fsp3) is 0.704. The van der Waals surface area contributed by atoms with Gasteiger partial charge in [0.2, 0.25) is 12.7 Å². The van der Waals surface area contributed by atoms with Crippen molar-refractivity contribution < 1.29 is 33.6 Å². The Kier molecular flexibility index (Phi) is 10.0. The molecule has 3 aliphatic rings. The highest BCUT2D eigenvalue weighted by Gasteiger charge is 2.47. The molecule has 3 N–H and O–H groups in total. The number of rotatable bonds is 14. The lowest BCUT2D eigenvalue weighted by Gasteiger charge is -2.30. The van der Waals surface area contributed by atoms with Crippen molar-refractivity contribution >= 4 is 11.9 Å². The Balaban J connectivity index is 1.54. The van der Waals surface area contributed by atoms with Gasteiger partial charge in [0, 0.05) is 31.6 Å². The summed E-state index contributed by atoms with van der Waals surface area (Å²) in [6, 6.07) is 5.32. The zero-order chi connectivity index (χ0) is 26.2. The number of fused-ring (bicyclic) bond motifs is 1. The van der Waals surface area contributed by atoms with Crippen LogP contribution < -0.4 is 15.2 Å². The number of nitrogens with zero attached hydrogens (tertiary/aromatic N) is 2. The normalized spacial score (nSPS) is 23.6. The van der Waals surface area contributed by atoms with E-state index in [4.69, 9.17) is 24.7 Å². The number of nitrogens with two attached hydrogens (primary N) is 1. The Bertz CT molecular complexity index is 908. The van der Waals surface area contributed by atoms with Gasteiger partial charge in [-0.05, 0) is 56.3 Å². The third kappa shape index (κ3) is 6.93. The maximum absolute atomic E-state index is 13.5. The molecule has 10 nitrogen and oxygen atoms in total. The van der Waals surface area contributed by atoms with E-state index in [1.54, 1.807) is 0 Å². The van der Waals surface area contributed by atoms with E-state index in [1.165, 1.54) is 0 Å². The SMILES string of the molecule is CCCCN(CCCCN)C(=O)CN1C[C@H](c2ccc3c(c2)OCO3)[C@@H](C(=O)O)[C@@H]1CCC1OCCO1. The van der Waals surface area contributed by atoms with Crippen molar-refractivity contribution in [3.05, 3.63) is 23.8 Å². The summed E-state index contributed by atoms with van der Waals surface area (Å²) >= 11 is 0. The number of carbonyl (C=O) groups is 2. The largest absolute Gasteiger partial charge is 0.481 e. The third-order valence-electron chi connectivity index (χ3n) is 7.60. The van der Waals surface area contributed by atoms with E-state index in [2.05, 4.69) is 11.8 Å². The van der Waals surface area contributed by atoms with Crippen molar-refractivity contribution in [1.29, 1.82) is 0 Å². The fourth-order valence-electron chi connectivity index (χ4n) is 5.65. The maximum atomic E-state index is 13.5. The molecule has 0 saturated carbocycles. The molecule has 0 radical (unpaired) electrons. The smallest absolute Gasteiger partial charge is 0.308 e. The highest BCUT2D eigenvalue weighted by atomic mass is 16.7. The molecule has 1 aromatic rings. The van der Waals surface area contributed by atoms with Crippen LogP contribution in [-0.4, -0.2) is 91.8 Å². The number of benzene rings is 1. The minimum atomic E-state index is -0.860. The summed E-state index contributed by atoms with van der Waals surface area (Å²) in [6.45, 7) is 6.02. The lowest BCUT2D eigenvalue weighted by Crippen LogP contribution is -2.45. The van der Waals surface area contributed by atoms with Crippen molar-refractivity contribution in [2.45, 2.75) is 63.7 Å². The summed E-state index contributed by atoms with van der Waals surface area (Å²) in [5.41, 5.74) is 6.55. The summed E-state index contributed by atoms with van der Waals surface area (Å²) in [6.07, 6.45) is 4.50. The van der Waals surface area contributed by atoms with E-state index in [1.807, 2.05) is 23.1 Å². The van der Waals surface area contributed by atoms with Crippen molar-refractivity contribution in [3.8, 4) is 11.5 Å². The number of carboxylic acids is 1.